The van der Waals surface area contributed by atoms with Gasteiger partial charge in [0, 0.05) is 46.2 Å². The van der Waals surface area contributed by atoms with E-state index in [0.717, 1.165) is 32.1 Å². The maximum absolute atomic E-state index is 5.64. The quantitative estimate of drug-likeness (QED) is 0.598. The zero-order chi connectivity index (χ0) is 14.2. The largest absolute Gasteiger partial charge is 0.382 e. The number of guanidine groups is 1. The van der Waals surface area contributed by atoms with E-state index in [1.54, 1.807) is 20.4 Å². The van der Waals surface area contributed by atoms with Crippen molar-refractivity contribution >= 4 is 5.96 Å². The van der Waals surface area contributed by atoms with Gasteiger partial charge in [-0.1, -0.05) is 0 Å². The van der Waals surface area contributed by atoms with E-state index in [0.29, 0.717) is 13.2 Å². The lowest BCUT2D eigenvalue weighted by Gasteiger charge is -2.34. The van der Waals surface area contributed by atoms with Crippen molar-refractivity contribution in [2.24, 2.45) is 4.99 Å². The minimum atomic E-state index is 0.110. The Kier molecular flexibility index (Phi) is 5.82. The third-order valence-electron chi connectivity index (χ3n) is 3.19. The molecule has 2 heterocycles. The van der Waals surface area contributed by atoms with E-state index in [1.165, 1.54) is 0 Å². The lowest BCUT2D eigenvalue weighted by Crippen LogP contribution is -2.51. The molecule has 112 valence electrons. The zero-order valence-electron chi connectivity index (χ0n) is 12.2. The lowest BCUT2D eigenvalue weighted by atomic mass is 10.3. The molecule has 7 heteroatoms. The van der Waals surface area contributed by atoms with Crippen LogP contribution in [0.25, 0.3) is 0 Å². The van der Waals surface area contributed by atoms with Crippen molar-refractivity contribution in [3.05, 3.63) is 18.5 Å². The maximum atomic E-state index is 5.64. The Labute approximate surface area is 119 Å². The van der Waals surface area contributed by atoms with Gasteiger partial charge in [0.05, 0.1) is 25.9 Å². The van der Waals surface area contributed by atoms with E-state index in [1.807, 2.05) is 16.9 Å². The van der Waals surface area contributed by atoms with Crippen LogP contribution in [-0.4, -0.2) is 73.7 Å². The Bertz CT molecular complexity index is 405. The van der Waals surface area contributed by atoms with Crippen LogP contribution in [0, 0.1) is 0 Å². The molecule has 1 aliphatic rings. The molecule has 0 spiro atoms. The summed E-state index contributed by atoms with van der Waals surface area (Å²) >= 11 is 0. The Morgan fingerprint density at radius 3 is 3.20 bits per heavy atom. The van der Waals surface area contributed by atoms with Gasteiger partial charge in [-0.3, -0.25) is 9.67 Å². The van der Waals surface area contributed by atoms with Crippen molar-refractivity contribution in [2.75, 3.05) is 47.0 Å². The number of ether oxygens (including phenoxy) is 2. The highest BCUT2D eigenvalue weighted by atomic mass is 16.5. The fourth-order valence-electron chi connectivity index (χ4n) is 2.25. The van der Waals surface area contributed by atoms with E-state index in [4.69, 9.17) is 9.47 Å². The van der Waals surface area contributed by atoms with E-state index in [9.17, 15) is 0 Å². The molecule has 7 nitrogen and oxygen atoms in total. The van der Waals surface area contributed by atoms with Gasteiger partial charge in [0.1, 0.15) is 0 Å². The summed E-state index contributed by atoms with van der Waals surface area (Å²) in [4.78, 5) is 6.54. The minimum Gasteiger partial charge on any atom is -0.382 e. The van der Waals surface area contributed by atoms with Gasteiger partial charge in [0.2, 0.25) is 0 Å². The molecular formula is C13H23N5O2. The van der Waals surface area contributed by atoms with Gasteiger partial charge in [-0.05, 0) is 6.07 Å². The van der Waals surface area contributed by atoms with Crippen LogP contribution in [-0.2, 0) is 16.0 Å². The predicted octanol–water partition coefficient (Wildman–Crippen LogP) is -0.194. The van der Waals surface area contributed by atoms with E-state index in [-0.39, 0.29) is 6.10 Å². The molecule has 2 rings (SSSR count). The average Bonchev–Trinajstić information content (AvgIpc) is 2.97. The monoisotopic (exact) mass is 281 g/mol. The Hall–Kier alpha value is -1.60. The number of methoxy groups -OCH3 is 1. The van der Waals surface area contributed by atoms with Crippen LogP contribution in [0.1, 0.15) is 0 Å². The molecule has 1 saturated heterocycles. The van der Waals surface area contributed by atoms with Crippen molar-refractivity contribution in [1.29, 1.82) is 0 Å². The van der Waals surface area contributed by atoms with Gasteiger partial charge < -0.3 is 19.7 Å². The SMILES string of the molecule is CN=C(NCCn1cccn1)N1CCOC(COC)C1. The summed E-state index contributed by atoms with van der Waals surface area (Å²) in [5.41, 5.74) is 0. The number of nitrogens with zero attached hydrogens (tertiary/aromatic N) is 4. The molecular weight excluding hydrogens is 258 g/mol. The molecule has 0 radical (unpaired) electrons. The Morgan fingerprint density at radius 1 is 1.60 bits per heavy atom. The van der Waals surface area contributed by atoms with Crippen LogP contribution in [0.15, 0.2) is 23.5 Å². The van der Waals surface area contributed by atoms with Crippen LogP contribution in [0.2, 0.25) is 0 Å². The van der Waals surface area contributed by atoms with Crippen LogP contribution < -0.4 is 5.32 Å². The molecule has 20 heavy (non-hydrogen) atoms. The van der Waals surface area contributed by atoms with Crippen molar-refractivity contribution in [1.82, 2.24) is 20.0 Å². The molecule has 1 unspecified atom stereocenters. The number of rotatable bonds is 5. The molecule has 0 bridgehead atoms. The standard InChI is InChI=1S/C13H23N5O2/c1-14-13(15-5-7-18-6-3-4-16-18)17-8-9-20-12(10-17)11-19-2/h3-4,6,12H,5,7-11H2,1-2H3,(H,14,15). The summed E-state index contributed by atoms with van der Waals surface area (Å²) in [5, 5.41) is 7.53. The fourth-order valence-corrected chi connectivity index (χ4v) is 2.25. The normalized spacial score (nSPS) is 20.2. The molecule has 0 amide bonds. The molecule has 0 aliphatic carbocycles. The fraction of sp³-hybridized carbons (Fsp3) is 0.692. The van der Waals surface area contributed by atoms with Crippen LogP contribution in [0.4, 0.5) is 0 Å². The van der Waals surface area contributed by atoms with Crippen molar-refractivity contribution in [3.8, 4) is 0 Å². The molecule has 1 N–H and O–H groups in total. The topological polar surface area (TPSA) is 63.9 Å². The first-order valence-electron chi connectivity index (χ1n) is 6.87. The number of aliphatic imine (C=N–C) groups is 1. The van der Waals surface area contributed by atoms with Gasteiger partial charge in [-0.2, -0.15) is 5.10 Å². The maximum Gasteiger partial charge on any atom is 0.193 e. The summed E-state index contributed by atoms with van der Waals surface area (Å²) in [7, 11) is 3.50. The third-order valence-corrected chi connectivity index (χ3v) is 3.19. The van der Waals surface area contributed by atoms with Gasteiger partial charge in [0.15, 0.2) is 5.96 Å². The molecule has 0 aromatic carbocycles. The molecule has 0 saturated carbocycles. The molecule has 1 fully saturated rings. The summed E-state index contributed by atoms with van der Waals surface area (Å²) in [6.45, 7) is 4.57. The summed E-state index contributed by atoms with van der Waals surface area (Å²) < 4.78 is 12.7. The highest BCUT2D eigenvalue weighted by Crippen LogP contribution is 2.05. The van der Waals surface area contributed by atoms with Crippen molar-refractivity contribution in [3.63, 3.8) is 0 Å². The lowest BCUT2D eigenvalue weighted by molar-refractivity contribution is -0.0447. The second kappa shape index (κ2) is 7.86. The second-order valence-electron chi connectivity index (χ2n) is 4.64. The molecule has 1 aromatic rings. The van der Waals surface area contributed by atoms with Crippen LogP contribution in [0.3, 0.4) is 0 Å². The Balaban J connectivity index is 1.78. The minimum absolute atomic E-state index is 0.110. The van der Waals surface area contributed by atoms with E-state index < -0.39 is 0 Å². The predicted molar refractivity (Wildman–Crippen MR) is 76.8 cm³/mol. The number of morpholine rings is 1. The molecule has 1 aromatic heterocycles. The number of hydrogen-bond donors (Lipinski definition) is 1. The first-order valence-corrected chi connectivity index (χ1v) is 6.87. The first-order chi connectivity index (χ1) is 9.83. The van der Waals surface area contributed by atoms with E-state index in [2.05, 4.69) is 20.3 Å². The van der Waals surface area contributed by atoms with Gasteiger partial charge >= 0.3 is 0 Å². The summed E-state index contributed by atoms with van der Waals surface area (Å²) in [6.07, 6.45) is 3.85. The van der Waals surface area contributed by atoms with Crippen molar-refractivity contribution in [2.45, 2.75) is 12.6 Å². The molecule has 1 aliphatic heterocycles. The van der Waals surface area contributed by atoms with Gasteiger partial charge in [-0.15, -0.1) is 0 Å². The van der Waals surface area contributed by atoms with Gasteiger partial charge in [0.25, 0.3) is 0 Å². The number of nitrogens with one attached hydrogen (secondary N) is 1. The van der Waals surface area contributed by atoms with Crippen LogP contribution in [0.5, 0.6) is 0 Å². The number of hydrogen-bond acceptors (Lipinski definition) is 4. The van der Waals surface area contributed by atoms with E-state index >= 15 is 0 Å². The zero-order valence-corrected chi connectivity index (χ0v) is 12.2. The smallest absolute Gasteiger partial charge is 0.193 e. The average molecular weight is 281 g/mol. The first kappa shape index (κ1) is 14.8. The highest BCUT2D eigenvalue weighted by Gasteiger charge is 2.22. The number of aromatic nitrogens is 2. The van der Waals surface area contributed by atoms with Crippen LogP contribution >= 0.6 is 0 Å². The summed E-state index contributed by atoms with van der Waals surface area (Å²) in [6, 6.07) is 1.92. The third kappa shape index (κ3) is 4.21. The van der Waals surface area contributed by atoms with Gasteiger partial charge in [-0.25, -0.2) is 0 Å². The Morgan fingerprint density at radius 2 is 2.50 bits per heavy atom. The highest BCUT2D eigenvalue weighted by molar-refractivity contribution is 5.79. The van der Waals surface area contributed by atoms with Crippen molar-refractivity contribution < 1.29 is 9.47 Å². The summed E-state index contributed by atoms with van der Waals surface area (Å²) in [5.74, 6) is 0.904. The molecule has 1 atom stereocenters. The second-order valence-corrected chi connectivity index (χ2v) is 4.64.